The summed E-state index contributed by atoms with van der Waals surface area (Å²) in [5.74, 6) is -29.7. The van der Waals surface area contributed by atoms with Crippen molar-refractivity contribution in [2.75, 3.05) is 0 Å². The Morgan fingerprint density at radius 1 is 0.156 bits per heavy atom. The van der Waals surface area contributed by atoms with E-state index in [1.165, 1.54) is 0 Å². The van der Waals surface area contributed by atoms with Gasteiger partial charge in [0, 0.05) is 115 Å². The summed E-state index contributed by atoms with van der Waals surface area (Å²) in [5.41, 5.74) is -2.64. The van der Waals surface area contributed by atoms with E-state index in [1.807, 2.05) is 0 Å². The predicted octanol–water partition coefficient (Wildman–Crippen LogP) is 10.8. The number of aromatic hydroxyl groups is 23. The van der Waals surface area contributed by atoms with Crippen molar-refractivity contribution in [3.8, 4) is 235 Å². The molecule has 30 heteroatoms. The Bertz CT molecular complexity index is 4440. The molecule has 0 atom stereocenters. The highest BCUT2D eigenvalue weighted by molar-refractivity contribution is 5.90. The first-order chi connectivity index (χ1) is 42.5. The Hall–Kier alpha value is -13.8. The number of ether oxygens (including phenoxy) is 7. The molecule has 0 aliphatic heterocycles. The summed E-state index contributed by atoms with van der Waals surface area (Å²) in [6.07, 6.45) is 0. The van der Waals surface area contributed by atoms with Crippen LogP contribution in [0.5, 0.6) is 213 Å². The molecule has 0 spiro atoms. The fourth-order valence-corrected chi connectivity index (χ4v) is 8.85. The summed E-state index contributed by atoms with van der Waals surface area (Å²) < 4.78 is 40.0. The van der Waals surface area contributed by atoms with E-state index in [1.54, 1.807) is 0 Å². The van der Waals surface area contributed by atoms with Gasteiger partial charge in [0.2, 0.25) is 40.2 Å². The third-order valence-corrected chi connectivity index (χ3v) is 12.6. The second-order valence-electron chi connectivity index (χ2n) is 19.0. The van der Waals surface area contributed by atoms with Crippen molar-refractivity contribution in [2.45, 2.75) is 0 Å². The van der Waals surface area contributed by atoms with Crippen molar-refractivity contribution in [1.29, 1.82) is 0 Å². The maximum atomic E-state index is 11.4. The molecule has 23 N–H and O–H groups in total. The predicted molar refractivity (Wildman–Crippen MR) is 301 cm³/mol. The maximum absolute atomic E-state index is 11.4. The van der Waals surface area contributed by atoms with Crippen LogP contribution in [0.25, 0.3) is 22.3 Å². The number of phenols is 23. The molecule has 90 heavy (non-hydrogen) atoms. The monoisotopic (exact) mass is 1240 g/mol. The molecular weight excluding hydrogens is 1200 g/mol. The van der Waals surface area contributed by atoms with Gasteiger partial charge in [-0.15, -0.1) is 0 Å². The molecule has 0 aromatic heterocycles. The van der Waals surface area contributed by atoms with Crippen molar-refractivity contribution in [3.63, 3.8) is 0 Å². The Kier molecular flexibility index (Phi) is 14.9. The van der Waals surface area contributed by atoms with Crippen molar-refractivity contribution in [1.82, 2.24) is 0 Å². The number of hydrogen-bond acceptors (Lipinski definition) is 30. The normalized spacial score (nSPS) is 11.0. The van der Waals surface area contributed by atoms with Gasteiger partial charge in [-0.2, -0.15) is 0 Å². The number of hydrogen-bond donors (Lipinski definition) is 23. The average Bonchev–Trinajstić information content (AvgIpc) is 0.804. The lowest BCUT2D eigenvalue weighted by atomic mass is 10.00. The summed E-state index contributed by atoms with van der Waals surface area (Å²) in [7, 11) is 0. The van der Waals surface area contributed by atoms with Gasteiger partial charge in [-0.3, -0.25) is 0 Å². The summed E-state index contributed by atoms with van der Waals surface area (Å²) >= 11 is 0. The highest BCUT2D eigenvalue weighted by Crippen LogP contribution is 2.60. The Balaban J connectivity index is 0.937. The van der Waals surface area contributed by atoms with Crippen LogP contribution in [0, 0.1) is 0 Å². The number of phenolic OH excluding ortho intramolecular Hbond substituents is 23. The van der Waals surface area contributed by atoms with Gasteiger partial charge in [0.05, 0.1) is 22.3 Å². The third-order valence-electron chi connectivity index (χ3n) is 12.6. The second-order valence-corrected chi connectivity index (χ2v) is 19.0. The van der Waals surface area contributed by atoms with Gasteiger partial charge < -0.3 is 151 Å². The molecule has 462 valence electrons. The van der Waals surface area contributed by atoms with E-state index in [2.05, 4.69) is 0 Å². The van der Waals surface area contributed by atoms with Crippen LogP contribution in [0.15, 0.2) is 115 Å². The highest BCUT2D eigenvalue weighted by atomic mass is 16.6. The van der Waals surface area contributed by atoms with Crippen molar-refractivity contribution in [3.05, 3.63) is 115 Å². The lowest BCUT2D eigenvalue weighted by Gasteiger charge is -2.20. The van der Waals surface area contributed by atoms with E-state index >= 15 is 0 Å². The topological polar surface area (TPSA) is 530 Å². The molecule has 30 nitrogen and oxygen atoms in total. The lowest BCUT2D eigenvalue weighted by molar-refractivity contribution is 0.331. The minimum atomic E-state index is -1.11. The quantitative estimate of drug-likeness (QED) is 0.0427. The van der Waals surface area contributed by atoms with Gasteiger partial charge >= 0.3 is 0 Å². The van der Waals surface area contributed by atoms with E-state index in [0.717, 1.165) is 103 Å². The standard InChI is InChI=1S/C60H42O30/c61-20-1-21(62)3-26(2-20)87-60-46(10-25(66)11-47(60)90-56-41(78)16-29(17-42(56)79)86-59-44(81)19-35(72)51(53(59)83)49-32(69)6-23(64)7-33(49)70)89-55-37(74)12-27(13-38(55)75)84-57-36(73)8-24(65)9-45(57)88-54-39(76)14-28(15-40(54)77)85-58-43(80)18-34(71)50(52(58)82)48-30(67)4-22(63)5-31(48)68/h1-19,61-83H. The Morgan fingerprint density at radius 3 is 0.722 bits per heavy atom. The molecule has 10 aromatic carbocycles. The van der Waals surface area contributed by atoms with Gasteiger partial charge in [-0.1, -0.05) is 0 Å². The zero-order valence-electron chi connectivity index (χ0n) is 44.6. The third kappa shape index (κ3) is 11.5. The minimum absolute atomic E-state index is 0.386. The van der Waals surface area contributed by atoms with Crippen LogP contribution in [0.3, 0.4) is 0 Å². The molecule has 0 unspecified atom stereocenters. The number of benzene rings is 10. The largest absolute Gasteiger partial charge is 0.508 e. The summed E-state index contributed by atoms with van der Waals surface area (Å²) in [6.45, 7) is 0. The summed E-state index contributed by atoms with van der Waals surface area (Å²) in [6, 6.07) is 14.9. The van der Waals surface area contributed by atoms with Gasteiger partial charge in [-0.25, -0.2) is 0 Å². The van der Waals surface area contributed by atoms with Crippen LogP contribution in [0.1, 0.15) is 0 Å². The molecule has 0 bridgehead atoms. The fourth-order valence-electron chi connectivity index (χ4n) is 8.85. The second kappa shape index (κ2) is 22.7. The number of rotatable bonds is 16. The first-order valence-corrected chi connectivity index (χ1v) is 25.0. The summed E-state index contributed by atoms with van der Waals surface area (Å²) in [4.78, 5) is 0. The molecule has 0 amide bonds. The van der Waals surface area contributed by atoms with Crippen LogP contribution in [-0.2, 0) is 0 Å². The van der Waals surface area contributed by atoms with Crippen LogP contribution in [-0.4, -0.2) is 117 Å². The molecule has 0 aliphatic rings. The van der Waals surface area contributed by atoms with Crippen LogP contribution in [0.4, 0.5) is 0 Å². The van der Waals surface area contributed by atoms with E-state index in [4.69, 9.17) is 33.2 Å². The van der Waals surface area contributed by atoms with Gasteiger partial charge in [0.25, 0.3) is 0 Å². The lowest BCUT2D eigenvalue weighted by Crippen LogP contribution is -1.97. The molecular formula is C60H42O30. The molecule has 0 radical (unpaired) electrons. The maximum Gasteiger partial charge on any atom is 0.212 e. The van der Waals surface area contributed by atoms with Crippen molar-refractivity contribution >= 4 is 0 Å². The molecule has 0 saturated carbocycles. The Labute approximate surface area is 499 Å². The minimum Gasteiger partial charge on any atom is -0.508 e. The fraction of sp³-hybridized carbons (Fsp3) is 0. The Morgan fingerprint density at radius 2 is 0.378 bits per heavy atom. The van der Waals surface area contributed by atoms with Crippen LogP contribution >= 0.6 is 0 Å². The first kappa shape index (κ1) is 59.4. The molecule has 0 fully saturated rings. The molecule has 10 aromatic rings. The van der Waals surface area contributed by atoms with Gasteiger partial charge in [0.15, 0.2) is 80.5 Å². The van der Waals surface area contributed by atoms with E-state index in [-0.39, 0.29) is 5.75 Å². The zero-order chi connectivity index (χ0) is 65.1. The molecule has 0 aliphatic carbocycles. The van der Waals surface area contributed by atoms with Crippen LogP contribution < -0.4 is 33.2 Å². The smallest absolute Gasteiger partial charge is 0.212 e. The first-order valence-electron chi connectivity index (χ1n) is 25.0. The zero-order valence-corrected chi connectivity index (χ0v) is 44.6. The van der Waals surface area contributed by atoms with Crippen LogP contribution in [0.2, 0.25) is 0 Å². The van der Waals surface area contributed by atoms with E-state index in [9.17, 15) is 117 Å². The highest BCUT2D eigenvalue weighted by Gasteiger charge is 2.31. The van der Waals surface area contributed by atoms with Gasteiger partial charge in [0.1, 0.15) is 92.0 Å². The molecule has 0 saturated heterocycles. The SMILES string of the molecule is Oc1cc(O)cc(Oc2c(Oc3c(O)cc(Oc4c(O)cc(O)cc4Oc4c(O)cc(Oc5c(O)cc(O)c(-c6c(O)cc(O)cc6O)c5O)cc4O)cc3O)cc(O)cc2Oc2c(O)cc(Oc3c(O)cc(O)c(-c4c(O)cc(O)cc4O)c3O)cc2O)c1. The van der Waals surface area contributed by atoms with E-state index in [0.29, 0.717) is 12.1 Å². The van der Waals surface area contributed by atoms with Crippen molar-refractivity contribution < 1.29 is 151 Å². The molecule has 0 heterocycles. The average molecular weight is 1240 g/mol. The molecule has 10 rings (SSSR count). The van der Waals surface area contributed by atoms with E-state index < -0.39 is 229 Å². The van der Waals surface area contributed by atoms with Gasteiger partial charge in [-0.05, 0) is 0 Å². The van der Waals surface area contributed by atoms with Crippen molar-refractivity contribution in [2.24, 2.45) is 0 Å². The summed E-state index contributed by atoms with van der Waals surface area (Å²) in [5, 5.41) is 246.